The molecule has 1 saturated heterocycles. The Bertz CT molecular complexity index is 518. The molecule has 0 saturated carbocycles. The van der Waals surface area contributed by atoms with Gasteiger partial charge in [-0.15, -0.1) is 25.6 Å². The lowest BCUT2D eigenvalue weighted by atomic mass is 9.88. The van der Waals surface area contributed by atoms with Crippen molar-refractivity contribution >= 4 is 18.3 Å². The first-order chi connectivity index (χ1) is 10.3. The van der Waals surface area contributed by atoms with E-state index in [9.17, 15) is 18.0 Å². The molecule has 1 aromatic carbocycles. The summed E-state index contributed by atoms with van der Waals surface area (Å²) in [5.41, 5.74) is 0.754. The van der Waals surface area contributed by atoms with Gasteiger partial charge < -0.3 is 15.0 Å². The average Bonchev–Trinajstić information content (AvgIpc) is 2.36. The fourth-order valence-electron chi connectivity index (χ4n) is 2.36. The van der Waals surface area contributed by atoms with Gasteiger partial charge in [0.1, 0.15) is 5.75 Å². The van der Waals surface area contributed by atoms with E-state index in [1.54, 1.807) is 11.9 Å². The third kappa shape index (κ3) is 5.58. The van der Waals surface area contributed by atoms with Gasteiger partial charge in [0.05, 0.1) is 0 Å². The molecule has 0 aliphatic carbocycles. The Hall–Kier alpha value is -1.47. The normalized spacial score (nSPS) is 16.0. The van der Waals surface area contributed by atoms with Gasteiger partial charge >= 0.3 is 6.36 Å². The Morgan fingerprint density at radius 2 is 1.91 bits per heavy atom. The van der Waals surface area contributed by atoms with Gasteiger partial charge in [-0.3, -0.25) is 4.79 Å². The summed E-state index contributed by atoms with van der Waals surface area (Å²) in [5, 5.41) is 3.13. The van der Waals surface area contributed by atoms with E-state index in [0.29, 0.717) is 12.5 Å². The van der Waals surface area contributed by atoms with Crippen LogP contribution >= 0.6 is 12.4 Å². The number of amides is 1. The number of rotatable bonds is 5. The maximum Gasteiger partial charge on any atom is 0.573 e. The van der Waals surface area contributed by atoms with Gasteiger partial charge in [0, 0.05) is 19.5 Å². The second kappa shape index (κ2) is 7.88. The van der Waals surface area contributed by atoms with Crippen LogP contribution in [0.3, 0.4) is 0 Å². The largest absolute Gasteiger partial charge is 0.573 e. The minimum Gasteiger partial charge on any atom is -0.406 e. The number of halogens is 4. The van der Waals surface area contributed by atoms with Crippen molar-refractivity contribution in [3.63, 3.8) is 0 Å². The summed E-state index contributed by atoms with van der Waals surface area (Å²) in [6.07, 6.45) is -4.69. The highest BCUT2D eigenvalue weighted by Crippen LogP contribution is 2.23. The first kappa shape index (κ1) is 19.6. The van der Waals surface area contributed by atoms with E-state index in [2.05, 4.69) is 10.1 Å². The van der Waals surface area contributed by atoms with Crippen molar-refractivity contribution in [1.82, 2.24) is 10.2 Å². The highest BCUT2D eigenvalue weighted by molar-refractivity contribution is 5.85. The molecule has 1 heterocycles. The molecule has 4 nitrogen and oxygen atoms in total. The number of ether oxygens (including phenoxy) is 1. The highest BCUT2D eigenvalue weighted by Gasteiger charge is 2.31. The van der Waals surface area contributed by atoms with Gasteiger partial charge in [-0.1, -0.05) is 19.1 Å². The summed E-state index contributed by atoms with van der Waals surface area (Å²) in [7, 11) is 1.70. The van der Waals surface area contributed by atoms with Crippen LogP contribution in [0.5, 0.6) is 5.75 Å². The van der Waals surface area contributed by atoms with E-state index < -0.39 is 6.36 Å². The molecule has 0 aromatic heterocycles. The number of carbonyl (C=O) groups is 1. The van der Waals surface area contributed by atoms with Crippen LogP contribution in [0.1, 0.15) is 12.5 Å². The maximum absolute atomic E-state index is 12.3. The molecular formula is C15H20ClF3N2O2. The minimum absolute atomic E-state index is 0. The Balaban J connectivity index is 0.00000264. The van der Waals surface area contributed by atoms with E-state index >= 15 is 0 Å². The number of hydrogen-bond donors (Lipinski definition) is 1. The topological polar surface area (TPSA) is 41.6 Å². The predicted octanol–water partition coefficient (Wildman–Crippen LogP) is 2.82. The molecule has 8 heteroatoms. The van der Waals surface area contributed by atoms with Gasteiger partial charge in [-0.25, -0.2) is 0 Å². The molecule has 0 bridgehead atoms. The number of alkyl halides is 3. The Morgan fingerprint density at radius 3 is 2.35 bits per heavy atom. The standard InChI is InChI=1S/C15H19F3N2O2.ClH/c1-10(12-7-19-8-12)14(21)20(2)9-11-3-5-13(6-4-11)22-15(16,17)18;/h3-6,10,12,19H,7-9H2,1-2H3;1H. The predicted molar refractivity (Wildman–Crippen MR) is 82.4 cm³/mol. The van der Waals surface area contributed by atoms with Crippen molar-refractivity contribution < 1.29 is 22.7 Å². The monoisotopic (exact) mass is 352 g/mol. The van der Waals surface area contributed by atoms with Crippen LogP contribution in [0, 0.1) is 11.8 Å². The highest BCUT2D eigenvalue weighted by atomic mass is 35.5. The third-order valence-electron chi connectivity index (χ3n) is 3.86. The fraction of sp³-hybridized carbons (Fsp3) is 0.533. The molecule has 1 fully saturated rings. The smallest absolute Gasteiger partial charge is 0.406 e. The Morgan fingerprint density at radius 1 is 1.35 bits per heavy atom. The zero-order chi connectivity index (χ0) is 16.3. The zero-order valence-corrected chi connectivity index (χ0v) is 13.7. The third-order valence-corrected chi connectivity index (χ3v) is 3.86. The van der Waals surface area contributed by atoms with Crippen LogP contribution < -0.4 is 10.1 Å². The first-order valence-corrected chi connectivity index (χ1v) is 7.06. The SMILES string of the molecule is CC(C(=O)N(C)Cc1ccc(OC(F)(F)F)cc1)C1CNC1.Cl. The molecule has 1 unspecified atom stereocenters. The van der Waals surface area contributed by atoms with Crippen LogP contribution in [0.15, 0.2) is 24.3 Å². The van der Waals surface area contributed by atoms with Crippen molar-refractivity contribution in [2.75, 3.05) is 20.1 Å². The van der Waals surface area contributed by atoms with E-state index in [-0.39, 0.29) is 30.0 Å². The van der Waals surface area contributed by atoms with Gasteiger partial charge in [0.25, 0.3) is 0 Å². The zero-order valence-electron chi connectivity index (χ0n) is 12.9. The summed E-state index contributed by atoms with van der Waals surface area (Å²) in [5.74, 6) is 0.0813. The number of benzene rings is 1. The molecule has 1 aliphatic rings. The quantitative estimate of drug-likeness (QED) is 0.886. The lowest BCUT2D eigenvalue weighted by molar-refractivity contribution is -0.274. The van der Waals surface area contributed by atoms with Crippen LogP contribution in [0.4, 0.5) is 13.2 Å². The van der Waals surface area contributed by atoms with Crippen molar-refractivity contribution in [2.45, 2.75) is 19.8 Å². The van der Waals surface area contributed by atoms with E-state index in [1.807, 2.05) is 6.92 Å². The molecular weight excluding hydrogens is 333 g/mol. The number of carbonyl (C=O) groups excluding carboxylic acids is 1. The Labute approximate surface area is 139 Å². The number of nitrogens with one attached hydrogen (secondary N) is 1. The van der Waals surface area contributed by atoms with Crippen molar-refractivity contribution in [2.24, 2.45) is 11.8 Å². The Kier molecular flexibility index (Phi) is 6.70. The molecule has 1 amide bonds. The maximum atomic E-state index is 12.3. The summed E-state index contributed by atoms with van der Waals surface area (Å²) in [6.45, 7) is 3.97. The molecule has 1 N–H and O–H groups in total. The van der Waals surface area contributed by atoms with Crippen molar-refractivity contribution in [1.29, 1.82) is 0 Å². The molecule has 1 aliphatic heterocycles. The molecule has 23 heavy (non-hydrogen) atoms. The van der Waals surface area contributed by atoms with E-state index in [0.717, 1.165) is 18.7 Å². The summed E-state index contributed by atoms with van der Waals surface area (Å²) in [4.78, 5) is 13.9. The fourth-order valence-corrected chi connectivity index (χ4v) is 2.36. The summed E-state index contributed by atoms with van der Waals surface area (Å²) >= 11 is 0. The van der Waals surface area contributed by atoms with E-state index in [4.69, 9.17) is 0 Å². The summed E-state index contributed by atoms with van der Waals surface area (Å²) in [6, 6.07) is 5.56. The second-order valence-corrected chi connectivity index (χ2v) is 5.59. The number of hydrogen-bond acceptors (Lipinski definition) is 3. The van der Waals surface area contributed by atoms with Crippen LogP contribution in [0.2, 0.25) is 0 Å². The van der Waals surface area contributed by atoms with Crippen LogP contribution in [-0.2, 0) is 11.3 Å². The lowest BCUT2D eigenvalue weighted by Gasteiger charge is -2.34. The molecule has 2 rings (SSSR count). The number of nitrogens with zero attached hydrogens (tertiary/aromatic N) is 1. The van der Waals surface area contributed by atoms with Gasteiger partial charge in [-0.2, -0.15) is 0 Å². The van der Waals surface area contributed by atoms with Crippen molar-refractivity contribution in [3.05, 3.63) is 29.8 Å². The minimum atomic E-state index is -4.69. The molecule has 0 radical (unpaired) electrons. The van der Waals surface area contributed by atoms with Gasteiger partial charge in [0.15, 0.2) is 0 Å². The lowest BCUT2D eigenvalue weighted by Crippen LogP contribution is -2.49. The average molecular weight is 353 g/mol. The second-order valence-electron chi connectivity index (χ2n) is 5.59. The first-order valence-electron chi connectivity index (χ1n) is 7.06. The molecule has 1 aromatic rings. The molecule has 0 spiro atoms. The van der Waals surface area contributed by atoms with E-state index in [1.165, 1.54) is 24.3 Å². The van der Waals surface area contributed by atoms with Gasteiger partial charge in [0.2, 0.25) is 5.91 Å². The van der Waals surface area contributed by atoms with Crippen molar-refractivity contribution in [3.8, 4) is 5.75 Å². The van der Waals surface area contributed by atoms with Crippen LogP contribution in [0.25, 0.3) is 0 Å². The van der Waals surface area contributed by atoms with Gasteiger partial charge in [-0.05, 0) is 36.7 Å². The summed E-state index contributed by atoms with van der Waals surface area (Å²) < 4.78 is 40.1. The van der Waals surface area contributed by atoms with Crippen LogP contribution in [-0.4, -0.2) is 37.3 Å². The molecule has 130 valence electrons. The molecule has 1 atom stereocenters.